The minimum atomic E-state index is -4.16. The van der Waals surface area contributed by atoms with Crippen molar-refractivity contribution in [1.29, 1.82) is 0 Å². The maximum absolute atomic E-state index is 10.2. The molecule has 0 spiro atoms. The Morgan fingerprint density at radius 3 is 2.20 bits per heavy atom. The van der Waals surface area contributed by atoms with Crippen molar-refractivity contribution in [3.05, 3.63) is 0 Å². The summed E-state index contributed by atoms with van der Waals surface area (Å²) in [7, 11) is -4.16. The molecule has 0 aliphatic carbocycles. The van der Waals surface area contributed by atoms with Crippen LogP contribution in [0, 0.1) is 0 Å². The van der Waals surface area contributed by atoms with Crippen molar-refractivity contribution in [3.63, 3.8) is 0 Å². The lowest BCUT2D eigenvalue weighted by Crippen LogP contribution is -2.34. The molecule has 0 aromatic carbocycles. The van der Waals surface area contributed by atoms with Crippen molar-refractivity contribution >= 4 is 27.9 Å². The number of hydrogen-bond acceptors (Lipinski definition) is 4. The van der Waals surface area contributed by atoms with Gasteiger partial charge in [0.25, 0.3) is 10.1 Å². The average Bonchev–Trinajstić information content (AvgIpc) is 1.60. The van der Waals surface area contributed by atoms with E-state index in [1.165, 1.54) is 0 Å². The first-order chi connectivity index (χ1) is 4.33. The molecule has 10 heavy (non-hydrogen) atoms. The van der Waals surface area contributed by atoms with Gasteiger partial charge >= 0.3 is 0 Å². The van der Waals surface area contributed by atoms with E-state index in [4.69, 9.17) is 10.3 Å². The van der Waals surface area contributed by atoms with Gasteiger partial charge in [-0.25, -0.2) is 0 Å². The van der Waals surface area contributed by atoms with Crippen LogP contribution in [0.2, 0.25) is 0 Å². The molecule has 0 aromatic rings. The molecule has 7 heteroatoms. The Balaban J connectivity index is 4.06. The maximum Gasteiger partial charge on any atom is 0.266 e. The fourth-order valence-electron chi connectivity index (χ4n) is 0.298. The predicted octanol–water partition coefficient (Wildman–Crippen LogP) is -1.34. The number of rotatable bonds is 3. The summed E-state index contributed by atoms with van der Waals surface area (Å²) in [5.74, 6) is -0.782. The summed E-state index contributed by atoms with van der Waals surface area (Å²) in [5.41, 5.74) is 4.94. The second-order valence-electron chi connectivity index (χ2n) is 1.69. The number of carbonyl (C=O) groups excluding carboxylic acids is 1. The van der Waals surface area contributed by atoms with Crippen LogP contribution in [-0.2, 0) is 14.9 Å². The van der Waals surface area contributed by atoms with Gasteiger partial charge in [0.15, 0.2) is 0 Å². The normalized spacial score (nSPS) is 14.7. The first-order valence-corrected chi connectivity index (χ1v) is 4.32. The lowest BCUT2D eigenvalue weighted by Gasteiger charge is -2.01. The molecule has 5 nitrogen and oxygen atoms in total. The topological polar surface area (TPSA) is 97.5 Å². The zero-order chi connectivity index (χ0) is 8.36. The number of thiol groups is 1. The van der Waals surface area contributed by atoms with Crippen molar-refractivity contribution in [2.24, 2.45) is 5.73 Å². The van der Waals surface area contributed by atoms with Crippen LogP contribution in [0.25, 0.3) is 0 Å². The molecule has 0 saturated heterocycles. The van der Waals surface area contributed by atoms with Crippen LogP contribution in [0.15, 0.2) is 0 Å². The van der Waals surface area contributed by atoms with Crippen molar-refractivity contribution in [1.82, 2.24) is 0 Å². The first-order valence-electron chi connectivity index (χ1n) is 2.26. The van der Waals surface area contributed by atoms with Gasteiger partial charge < -0.3 is 5.73 Å². The maximum atomic E-state index is 10.2. The monoisotopic (exact) mass is 185 g/mol. The van der Waals surface area contributed by atoms with Crippen LogP contribution in [0.1, 0.15) is 0 Å². The van der Waals surface area contributed by atoms with Crippen LogP contribution < -0.4 is 5.73 Å². The van der Waals surface area contributed by atoms with E-state index in [1.54, 1.807) is 0 Å². The molecule has 0 amide bonds. The van der Waals surface area contributed by atoms with Gasteiger partial charge in [-0.15, -0.1) is 12.6 Å². The summed E-state index contributed by atoms with van der Waals surface area (Å²) in [6.07, 6.45) is 0. The van der Waals surface area contributed by atoms with E-state index in [2.05, 4.69) is 12.6 Å². The predicted molar refractivity (Wildman–Crippen MR) is 38.4 cm³/mol. The third kappa shape index (κ3) is 4.74. The molecular weight excluding hydrogens is 178 g/mol. The Morgan fingerprint density at radius 2 is 2.10 bits per heavy atom. The Bertz CT molecular complexity index is 221. The molecule has 0 aliphatic rings. The van der Waals surface area contributed by atoms with E-state index in [0.717, 1.165) is 0 Å². The van der Waals surface area contributed by atoms with Crippen LogP contribution >= 0.6 is 12.6 Å². The van der Waals surface area contributed by atoms with Crippen molar-refractivity contribution in [2.45, 2.75) is 6.04 Å². The lowest BCUT2D eigenvalue weighted by atomic mass is 10.4. The van der Waals surface area contributed by atoms with Crippen LogP contribution in [0.4, 0.5) is 0 Å². The minimum Gasteiger partial charge on any atom is -0.320 e. The Hall–Kier alpha value is -0.110. The number of hydrogen-bond donors (Lipinski definition) is 3. The van der Waals surface area contributed by atoms with Crippen LogP contribution in [-0.4, -0.2) is 29.9 Å². The van der Waals surface area contributed by atoms with E-state index in [9.17, 15) is 13.2 Å². The highest BCUT2D eigenvalue weighted by molar-refractivity contribution is 7.97. The van der Waals surface area contributed by atoms with E-state index in [0.29, 0.717) is 0 Å². The highest BCUT2D eigenvalue weighted by atomic mass is 32.2. The largest absolute Gasteiger partial charge is 0.320 e. The molecule has 1 atom stereocenters. The number of carbonyl (C=O) groups is 1. The van der Waals surface area contributed by atoms with Crippen LogP contribution in [0.3, 0.4) is 0 Å². The standard InChI is InChI=1S/C3H7NO4S2/c4-2(3(5)9)1-10(6,7)8/h2H,1,4H2,(H,5,9)(H,6,7,8). The molecule has 0 aromatic heterocycles. The highest BCUT2D eigenvalue weighted by Gasteiger charge is 2.16. The fourth-order valence-corrected chi connectivity index (χ4v) is 1.12. The second-order valence-corrected chi connectivity index (χ2v) is 3.63. The highest BCUT2D eigenvalue weighted by Crippen LogP contribution is 1.91. The van der Waals surface area contributed by atoms with Crippen molar-refractivity contribution in [3.8, 4) is 0 Å². The molecule has 3 N–H and O–H groups in total. The Kier molecular flexibility index (Phi) is 3.29. The quantitative estimate of drug-likeness (QED) is 0.373. The molecule has 0 radical (unpaired) electrons. The molecule has 0 heterocycles. The number of nitrogens with two attached hydrogens (primary N) is 1. The summed E-state index contributed by atoms with van der Waals surface area (Å²) in [6, 6.07) is -1.25. The molecule has 0 fully saturated rings. The van der Waals surface area contributed by atoms with Gasteiger partial charge in [-0.3, -0.25) is 9.35 Å². The molecule has 60 valence electrons. The van der Waals surface area contributed by atoms with Crippen molar-refractivity contribution < 1.29 is 17.8 Å². The molecule has 0 aliphatic heterocycles. The minimum absolute atomic E-state index is 0.766. The van der Waals surface area contributed by atoms with Crippen LogP contribution in [0.5, 0.6) is 0 Å². The van der Waals surface area contributed by atoms with Gasteiger partial charge in [0.2, 0.25) is 5.12 Å². The Morgan fingerprint density at radius 1 is 1.70 bits per heavy atom. The first kappa shape index (κ1) is 9.89. The molecule has 0 rings (SSSR count). The van der Waals surface area contributed by atoms with Gasteiger partial charge in [0.1, 0.15) is 0 Å². The van der Waals surface area contributed by atoms with Gasteiger partial charge in [-0.2, -0.15) is 8.42 Å². The van der Waals surface area contributed by atoms with E-state index in [-0.39, 0.29) is 0 Å². The zero-order valence-electron chi connectivity index (χ0n) is 4.89. The molecule has 0 bridgehead atoms. The summed E-state index contributed by atoms with van der Waals surface area (Å²) >= 11 is 3.27. The van der Waals surface area contributed by atoms with E-state index in [1.807, 2.05) is 0 Å². The average molecular weight is 185 g/mol. The molecule has 1 unspecified atom stereocenters. The smallest absolute Gasteiger partial charge is 0.266 e. The summed E-state index contributed by atoms with van der Waals surface area (Å²) < 4.78 is 28.2. The Labute approximate surface area is 63.8 Å². The lowest BCUT2D eigenvalue weighted by molar-refractivity contribution is -0.111. The third-order valence-corrected chi connectivity index (χ3v) is 1.82. The zero-order valence-corrected chi connectivity index (χ0v) is 6.60. The van der Waals surface area contributed by atoms with Gasteiger partial charge in [-0.1, -0.05) is 0 Å². The molecular formula is C3H7NO4S2. The van der Waals surface area contributed by atoms with Gasteiger partial charge in [0.05, 0.1) is 11.8 Å². The fraction of sp³-hybridized carbons (Fsp3) is 0.667. The molecule has 0 saturated carbocycles. The van der Waals surface area contributed by atoms with E-state index >= 15 is 0 Å². The van der Waals surface area contributed by atoms with Crippen molar-refractivity contribution in [2.75, 3.05) is 5.75 Å². The van der Waals surface area contributed by atoms with E-state index < -0.39 is 27.0 Å². The summed E-state index contributed by atoms with van der Waals surface area (Å²) in [4.78, 5) is 10.2. The van der Waals surface area contributed by atoms with Gasteiger partial charge in [-0.05, 0) is 0 Å². The van der Waals surface area contributed by atoms with Gasteiger partial charge in [0, 0.05) is 0 Å². The summed E-state index contributed by atoms with van der Waals surface area (Å²) in [6.45, 7) is 0. The summed E-state index contributed by atoms with van der Waals surface area (Å²) in [5, 5.41) is -0.766. The SMILES string of the molecule is NC(CS(=O)(=O)O)C(=O)S. The second kappa shape index (κ2) is 3.33. The third-order valence-electron chi connectivity index (χ3n) is 0.707.